The van der Waals surface area contributed by atoms with Crippen molar-refractivity contribution in [2.45, 2.75) is 19.1 Å². The lowest BCUT2D eigenvalue weighted by molar-refractivity contribution is -0.0921. The molecule has 3 aliphatic rings. The van der Waals surface area contributed by atoms with Gasteiger partial charge in [-0.3, -0.25) is 9.63 Å². The molecule has 2 unspecified atom stereocenters. The molecule has 0 N–H and O–H groups in total. The molecule has 1 radical (unpaired) electrons. The number of benzene rings is 1. The number of hydrogen-bond donors (Lipinski definition) is 0. The predicted octanol–water partition coefficient (Wildman–Crippen LogP) is 2.18. The molecule has 0 saturated carbocycles. The minimum Gasteiger partial charge on any atom is -0.288 e. The molecule has 0 spiro atoms. The Labute approximate surface area is 98.2 Å². The van der Waals surface area contributed by atoms with Crippen LogP contribution in [-0.2, 0) is 9.63 Å². The lowest BCUT2D eigenvalue weighted by Crippen LogP contribution is -2.38. The first-order valence-corrected chi connectivity index (χ1v) is 5.44. The molecule has 0 aliphatic carbocycles. The van der Waals surface area contributed by atoms with Crippen molar-refractivity contribution in [1.82, 2.24) is 5.06 Å². The van der Waals surface area contributed by atoms with Gasteiger partial charge in [0.2, 0.25) is 6.29 Å². The van der Waals surface area contributed by atoms with Gasteiger partial charge in [0.25, 0.3) is 0 Å². The minimum absolute atomic E-state index is 0.0577. The van der Waals surface area contributed by atoms with Crippen molar-refractivity contribution in [3.63, 3.8) is 0 Å². The van der Waals surface area contributed by atoms with E-state index in [-0.39, 0.29) is 12.1 Å². The molecule has 1 fully saturated rings. The van der Waals surface area contributed by atoms with Crippen molar-refractivity contribution in [3.8, 4) is 0 Å². The molecule has 16 heavy (non-hydrogen) atoms. The summed E-state index contributed by atoms with van der Waals surface area (Å²) >= 11 is 6.11. The Morgan fingerprint density at radius 1 is 1.44 bits per heavy atom. The van der Waals surface area contributed by atoms with Gasteiger partial charge in [0.1, 0.15) is 12.1 Å². The van der Waals surface area contributed by atoms with E-state index >= 15 is 0 Å². The highest BCUT2D eigenvalue weighted by atomic mass is 35.5. The number of hydrogen-bond acceptors (Lipinski definition) is 3. The highest BCUT2D eigenvalue weighted by Gasteiger charge is 2.50. The summed E-state index contributed by atoms with van der Waals surface area (Å²) in [6.07, 6.45) is 1.91. The maximum atomic E-state index is 10.7. The van der Waals surface area contributed by atoms with Gasteiger partial charge in [-0.15, -0.1) is 0 Å². The van der Waals surface area contributed by atoms with Crippen LogP contribution in [0.4, 0.5) is 0 Å². The van der Waals surface area contributed by atoms with Crippen LogP contribution in [0.15, 0.2) is 29.8 Å². The molecule has 2 atom stereocenters. The van der Waals surface area contributed by atoms with Gasteiger partial charge in [0.05, 0.1) is 5.70 Å². The van der Waals surface area contributed by atoms with Gasteiger partial charge in [-0.05, 0) is 13.0 Å². The van der Waals surface area contributed by atoms with Crippen LogP contribution in [0, 0.1) is 0 Å². The van der Waals surface area contributed by atoms with Gasteiger partial charge in [-0.25, -0.2) is 5.06 Å². The van der Waals surface area contributed by atoms with E-state index in [1.165, 1.54) is 0 Å². The Morgan fingerprint density at radius 3 is 2.75 bits per heavy atom. The molecular formula is C12H9ClNO2. The molecule has 3 aliphatic heterocycles. The smallest absolute Gasteiger partial charge is 0.230 e. The van der Waals surface area contributed by atoms with Gasteiger partial charge in [0, 0.05) is 16.2 Å². The predicted molar refractivity (Wildman–Crippen MR) is 60.2 cm³/mol. The van der Waals surface area contributed by atoms with E-state index in [0.717, 1.165) is 16.8 Å². The lowest BCUT2D eigenvalue weighted by atomic mass is 9.91. The van der Waals surface area contributed by atoms with E-state index in [2.05, 4.69) is 0 Å². The molecule has 0 aromatic heterocycles. The zero-order valence-electron chi connectivity index (χ0n) is 8.61. The van der Waals surface area contributed by atoms with Crippen LogP contribution in [0.25, 0.3) is 5.70 Å². The van der Waals surface area contributed by atoms with Crippen molar-refractivity contribution in [1.29, 1.82) is 0 Å². The number of carbonyl (C=O) groups excluding carboxylic acids is 1. The van der Waals surface area contributed by atoms with Crippen LogP contribution in [0.5, 0.6) is 0 Å². The van der Waals surface area contributed by atoms with E-state index < -0.39 is 0 Å². The molecule has 1 aromatic rings. The average molecular weight is 235 g/mol. The third kappa shape index (κ3) is 1.10. The molecule has 1 aromatic carbocycles. The summed E-state index contributed by atoms with van der Waals surface area (Å²) in [4.78, 5) is 16.2. The van der Waals surface area contributed by atoms with Crippen molar-refractivity contribution in [2.75, 3.05) is 0 Å². The maximum Gasteiger partial charge on any atom is 0.230 e. The first kappa shape index (κ1) is 9.87. The SMILES string of the molecule is CC1ON2C(c3ccccc3Cl)=C1C2[C]=O. The normalized spacial score (nSPS) is 27.0. The first-order chi connectivity index (χ1) is 7.74. The average Bonchev–Trinajstić information content (AvgIpc) is 2.75. The molecule has 1 saturated heterocycles. The fourth-order valence-electron chi connectivity index (χ4n) is 2.24. The molecule has 0 amide bonds. The van der Waals surface area contributed by atoms with E-state index in [1.54, 1.807) is 5.06 Å². The summed E-state index contributed by atoms with van der Waals surface area (Å²) in [6, 6.07) is 7.19. The Kier molecular flexibility index (Phi) is 2.06. The van der Waals surface area contributed by atoms with E-state index in [9.17, 15) is 4.79 Å². The second kappa shape index (κ2) is 3.34. The molecule has 2 bridgehead atoms. The second-order valence-corrected chi connectivity index (χ2v) is 4.28. The van der Waals surface area contributed by atoms with Gasteiger partial charge < -0.3 is 0 Å². The summed E-state index contributed by atoms with van der Waals surface area (Å²) in [5, 5.41) is 2.26. The minimum atomic E-state index is -0.346. The number of hydroxylamine groups is 2. The highest BCUT2D eigenvalue weighted by molar-refractivity contribution is 6.32. The van der Waals surface area contributed by atoms with Gasteiger partial charge >= 0.3 is 0 Å². The van der Waals surface area contributed by atoms with Crippen LogP contribution in [0.3, 0.4) is 0 Å². The molecule has 3 heterocycles. The van der Waals surface area contributed by atoms with Crippen molar-refractivity contribution in [2.24, 2.45) is 0 Å². The quantitative estimate of drug-likeness (QED) is 0.786. The summed E-state index contributed by atoms with van der Waals surface area (Å²) in [6.45, 7) is 1.92. The van der Waals surface area contributed by atoms with Crippen LogP contribution in [-0.4, -0.2) is 23.5 Å². The Hall–Kier alpha value is -1.32. The number of fused-ring (bicyclic) bond motifs is 1. The van der Waals surface area contributed by atoms with Crippen LogP contribution in [0.2, 0.25) is 5.02 Å². The fraction of sp³-hybridized carbons (Fsp3) is 0.250. The van der Waals surface area contributed by atoms with Gasteiger partial charge in [-0.2, -0.15) is 0 Å². The first-order valence-electron chi connectivity index (χ1n) is 5.06. The highest BCUT2D eigenvalue weighted by Crippen LogP contribution is 2.48. The van der Waals surface area contributed by atoms with E-state index in [4.69, 9.17) is 16.4 Å². The summed E-state index contributed by atoms with van der Waals surface area (Å²) in [5.41, 5.74) is 2.81. The number of halogens is 1. The molecule has 4 rings (SSSR count). The fourth-order valence-corrected chi connectivity index (χ4v) is 2.47. The third-order valence-electron chi connectivity index (χ3n) is 2.97. The summed E-state index contributed by atoms with van der Waals surface area (Å²) < 4.78 is 0. The third-order valence-corrected chi connectivity index (χ3v) is 3.30. The monoisotopic (exact) mass is 234 g/mol. The van der Waals surface area contributed by atoms with Gasteiger partial charge in [0.15, 0.2) is 0 Å². The Morgan fingerprint density at radius 2 is 2.19 bits per heavy atom. The van der Waals surface area contributed by atoms with Gasteiger partial charge in [-0.1, -0.05) is 29.8 Å². The van der Waals surface area contributed by atoms with Crippen LogP contribution < -0.4 is 0 Å². The van der Waals surface area contributed by atoms with Crippen LogP contribution in [0.1, 0.15) is 12.5 Å². The number of nitrogens with zero attached hydrogens (tertiary/aromatic N) is 1. The second-order valence-electron chi connectivity index (χ2n) is 3.88. The number of rotatable bonds is 2. The van der Waals surface area contributed by atoms with Crippen molar-refractivity contribution >= 4 is 23.6 Å². The van der Waals surface area contributed by atoms with Crippen molar-refractivity contribution in [3.05, 3.63) is 40.4 Å². The standard InChI is InChI=1S/C12H9ClNO2/c1-7-11-10(6-15)14(16-7)12(11)8-4-2-3-5-9(8)13/h2-5,7,10H,1H3. The molecule has 81 valence electrons. The topological polar surface area (TPSA) is 29.5 Å². The largest absolute Gasteiger partial charge is 0.288 e. The maximum absolute atomic E-state index is 10.7. The summed E-state index contributed by atoms with van der Waals surface area (Å²) in [5.74, 6) is 0. The van der Waals surface area contributed by atoms with Crippen LogP contribution >= 0.6 is 11.6 Å². The van der Waals surface area contributed by atoms with Crippen molar-refractivity contribution < 1.29 is 9.63 Å². The zero-order valence-corrected chi connectivity index (χ0v) is 9.36. The van der Waals surface area contributed by atoms with E-state index in [0.29, 0.717) is 5.02 Å². The lowest BCUT2D eigenvalue weighted by Gasteiger charge is -2.32. The Balaban J connectivity index is 2.11. The molecular weight excluding hydrogens is 226 g/mol. The zero-order chi connectivity index (χ0) is 11.3. The molecule has 4 heteroatoms. The molecule has 3 nitrogen and oxygen atoms in total. The van der Waals surface area contributed by atoms with E-state index in [1.807, 2.05) is 37.5 Å². The Bertz CT molecular complexity index is 498. The summed E-state index contributed by atoms with van der Waals surface area (Å²) in [7, 11) is 0.